The van der Waals surface area contributed by atoms with Gasteiger partial charge in [-0.25, -0.2) is 4.98 Å². The summed E-state index contributed by atoms with van der Waals surface area (Å²) in [6, 6.07) is 28.1. The molecule has 0 amide bonds. The van der Waals surface area contributed by atoms with Crippen molar-refractivity contribution >= 4 is 72.9 Å². The number of aromatic nitrogens is 1. The molecule has 2 aliphatic rings. The van der Waals surface area contributed by atoms with E-state index in [1.165, 1.54) is 33.6 Å². The predicted octanol–water partition coefficient (Wildman–Crippen LogP) is 8.59. The van der Waals surface area contributed by atoms with E-state index in [0.29, 0.717) is 0 Å². The van der Waals surface area contributed by atoms with Gasteiger partial charge in [0.05, 0.1) is 22.6 Å². The molecule has 0 saturated carbocycles. The Kier molecular flexibility index (Phi) is 5.87. The van der Waals surface area contributed by atoms with E-state index in [2.05, 4.69) is 118 Å². The van der Waals surface area contributed by atoms with Crippen LogP contribution in [-0.4, -0.2) is 17.9 Å². The first-order chi connectivity index (χ1) is 18.6. The number of aliphatic imine (C=N–C) groups is 1. The second-order valence-electron chi connectivity index (χ2n) is 9.90. The highest BCUT2D eigenvalue weighted by atomic mass is 79.9. The number of hydrogen-bond acceptors (Lipinski definition) is 5. The highest BCUT2D eigenvalue weighted by Gasteiger charge is 2.29. The molecule has 0 radical (unpaired) electrons. The Labute approximate surface area is 234 Å². The molecule has 6 heteroatoms. The van der Waals surface area contributed by atoms with E-state index in [0.717, 1.165) is 50.7 Å². The third-order valence-corrected chi connectivity index (χ3v) is 8.61. The van der Waals surface area contributed by atoms with Crippen LogP contribution in [0.15, 0.2) is 88.3 Å². The minimum Gasteiger partial charge on any atom is -0.349 e. The Morgan fingerprint density at radius 3 is 2.37 bits per heavy atom. The molecule has 0 aliphatic carbocycles. The lowest BCUT2D eigenvalue weighted by Crippen LogP contribution is -2.46. The van der Waals surface area contributed by atoms with E-state index in [4.69, 9.17) is 9.98 Å². The maximum Gasteiger partial charge on any atom is 0.117 e. The molecule has 1 aromatic heterocycles. The summed E-state index contributed by atoms with van der Waals surface area (Å²) in [6.07, 6.45) is 6.18. The second-order valence-corrected chi connectivity index (χ2v) is 11.9. The number of rotatable bonds is 4. The molecular formula is C32H25BrN4S. The van der Waals surface area contributed by atoms with E-state index < -0.39 is 0 Å². The standard InChI is InChI=1S/C32H25BrN4S/c1-21-2-4-22(5-3-21)7-13-32-35-28-10-9-27(16-31(28)38-32)34-17-23-6-11-29-24(14-23)18-36-20-37(29)19-25-15-26(33)8-12-30(25)36/h2-17H,18-20H2,1H3/b13-7+,34-17?. The van der Waals surface area contributed by atoms with Crippen LogP contribution in [0.5, 0.6) is 0 Å². The Hall–Kier alpha value is -3.74. The predicted molar refractivity (Wildman–Crippen MR) is 165 cm³/mol. The van der Waals surface area contributed by atoms with Gasteiger partial charge in [-0.15, -0.1) is 11.3 Å². The SMILES string of the molecule is Cc1ccc(/C=C/c2nc3ccc(N=Cc4ccc5c(c4)CN4CN5Cc5cc(Br)ccc54)cc3s2)cc1. The molecule has 2 aliphatic heterocycles. The number of thiazole rings is 1. The average molecular weight is 578 g/mol. The number of nitrogens with zero attached hydrogens (tertiary/aromatic N) is 4. The fourth-order valence-corrected chi connectivity index (χ4v) is 6.54. The van der Waals surface area contributed by atoms with Gasteiger partial charge < -0.3 is 9.80 Å². The van der Waals surface area contributed by atoms with Gasteiger partial charge >= 0.3 is 0 Å². The van der Waals surface area contributed by atoms with Gasteiger partial charge in [0.25, 0.3) is 0 Å². The molecule has 7 rings (SSSR count). The first-order valence-corrected chi connectivity index (χ1v) is 14.3. The molecule has 0 saturated heterocycles. The van der Waals surface area contributed by atoms with Gasteiger partial charge in [0, 0.05) is 35.2 Å². The van der Waals surface area contributed by atoms with Crippen molar-refractivity contribution in [3.63, 3.8) is 0 Å². The van der Waals surface area contributed by atoms with Crippen molar-refractivity contribution in [2.75, 3.05) is 16.5 Å². The van der Waals surface area contributed by atoms with Gasteiger partial charge in [-0.05, 0) is 83.8 Å². The van der Waals surface area contributed by atoms with E-state index in [-0.39, 0.29) is 0 Å². The molecular weight excluding hydrogens is 552 g/mol. The molecule has 4 nitrogen and oxygen atoms in total. The Bertz CT molecular complexity index is 1740. The van der Waals surface area contributed by atoms with Gasteiger partial charge in [-0.1, -0.05) is 57.9 Å². The van der Waals surface area contributed by atoms with Crippen LogP contribution < -0.4 is 9.80 Å². The maximum absolute atomic E-state index is 4.81. The monoisotopic (exact) mass is 576 g/mol. The van der Waals surface area contributed by atoms with Gasteiger partial charge in [0.1, 0.15) is 5.01 Å². The van der Waals surface area contributed by atoms with Crippen molar-refractivity contribution in [2.24, 2.45) is 4.99 Å². The fraction of sp³-hybridized carbons (Fsp3) is 0.125. The largest absolute Gasteiger partial charge is 0.349 e. The second kappa shape index (κ2) is 9.53. The zero-order valence-electron chi connectivity index (χ0n) is 20.9. The minimum atomic E-state index is 0.911. The maximum atomic E-state index is 4.81. The Morgan fingerprint density at radius 1 is 0.816 bits per heavy atom. The summed E-state index contributed by atoms with van der Waals surface area (Å²) in [4.78, 5) is 14.5. The van der Waals surface area contributed by atoms with Crippen molar-refractivity contribution in [1.82, 2.24) is 4.98 Å². The summed E-state index contributed by atoms with van der Waals surface area (Å²) >= 11 is 5.32. The van der Waals surface area contributed by atoms with Crippen LogP contribution in [0, 0.1) is 6.92 Å². The van der Waals surface area contributed by atoms with Gasteiger partial charge in [0.2, 0.25) is 0 Å². The fourth-order valence-electron chi connectivity index (χ4n) is 5.23. The number of fused-ring (bicyclic) bond motifs is 7. The zero-order chi connectivity index (χ0) is 25.6. The first kappa shape index (κ1) is 23.4. The molecule has 0 atom stereocenters. The number of anilines is 2. The number of hydrogen-bond donors (Lipinski definition) is 0. The Balaban J connectivity index is 1.10. The normalized spacial score (nSPS) is 14.5. The average Bonchev–Trinajstić information content (AvgIpc) is 3.33. The lowest BCUT2D eigenvalue weighted by atomic mass is 10.0. The number of halogens is 1. The molecule has 0 unspecified atom stereocenters. The summed E-state index contributed by atoms with van der Waals surface area (Å²) < 4.78 is 2.28. The molecule has 3 heterocycles. The summed E-state index contributed by atoms with van der Waals surface area (Å²) in [7, 11) is 0. The van der Waals surface area contributed by atoms with Crippen LogP contribution in [-0.2, 0) is 13.1 Å². The van der Waals surface area contributed by atoms with Crippen molar-refractivity contribution in [3.8, 4) is 0 Å². The van der Waals surface area contributed by atoms with Crippen LogP contribution in [0.4, 0.5) is 17.1 Å². The molecule has 5 aromatic rings. The zero-order valence-corrected chi connectivity index (χ0v) is 23.3. The lowest BCUT2D eigenvalue weighted by molar-refractivity contribution is 0.650. The molecule has 0 N–H and O–H groups in total. The van der Waals surface area contributed by atoms with E-state index in [9.17, 15) is 0 Å². The number of benzene rings is 4. The topological polar surface area (TPSA) is 31.7 Å². The van der Waals surface area contributed by atoms with Crippen molar-refractivity contribution in [1.29, 1.82) is 0 Å². The molecule has 2 bridgehead atoms. The molecule has 0 spiro atoms. The summed E-state index contributed by atoms with van der Waals surface area (Å²) in [5.41, 5.74) is 10.9. The molecule has 4 aromatic carbocycles. The smallest absolute Gasteiger partial charge is 0.117 e. The third-order valence-electron chi connectivity index (χ3n) is 7.14. The van der Waals surface area contributed by atoms with Crippen LogP contribution in [0.1, 0.15) is 32.8 Å². The minimum absolute atomic E-state index is 0.911. The summed E-state index contributed by atoms with van der Waals surface area (Å²) in [6.45, 7) is 4.88. The van der Waals surface area contributed by atoms with Crippen LogP contribution in [0.3, 0.4) is 0 Å². The third kappa shape index (κ3) is 4.55. The van der Waals surface area contributed by atoms with E-state index >= 15 is 0 Å². The van der Waals surface area contributed by atoms with Crippen LogP contribution >= 0.6 is 27.3 Å². The Morgan fingerprint density at radius 2 is 1.55 bits per heavy atom. The lowest BCUT2D eigenvalue weighted by Gasteiger charge is -2.44. The van der Waals surface area contributed by atoms with Gasteiger partial charge in [-0.3, -0.25) is 4.99 Å². The summed E-state index contributed by atoms with van der Waals surface area (Å²) in [5.74, 6) is 0. The van der Waals surface area contributed by atoms with Gasteiger partial charge in [0.15, 0.2) is 0 Å². The molecule has 38 heavy (non-hydrogen) atoms. The molecule has 186 valence electrons. The van der Waals surface area contributed by atoms with Crippen molar-refractivity contribution in [3.05, 3.63) is 116 Å². The van der Waals surface area contributed by atoms with Crippen LogP contribution in [0.2, 0.25) is 0 Å². The van der Waals surface area contributed by atoms with Crippen molar-refractivity contribution < 1.29 is 0 Å². The highest BCUT2D eigenvalue weighted by molar-refractivity contribution is 9.10. The van der Waals surface area contributed by atoms with Crippen LogP contribution in [0.25, 0.3) is 22.4 Å². The van der Waals surface area contributed by atoms with Crippen molar-refractivity contribution in [2.45, 2.75) is 20.0 Å². The molecule has 0 fully saturated rings. The van der Waals surface area contributed by atoms with E-state index in [1.807, 2.05) is 12.3 Å². The highest BCUT2D eigenvalue weighted by Crippen LogP contribution is 2.39. The van der Waals surface area contributed by atoms with Gasteiger partial charge in [-0.2, -0.15) is 0 Å². The number of aryl methyl sites for hydroxylation is 1. The van der Waals surface area contributed by atoms with E-state index in [1.54, 1.807) is 11.3 Å². The quantitative estimate of drug-likeness (QED) is 0.201. The summed E-state index contributed by atoms with van der Waals surface area (Å²) in [5, 5.41) is 1.00. The first-order valence-electron chi connectivity index (χ1n) is 12.7.